The Hall–Kier alpha value is -0.0400. The standard InChI is InChI=1S/C11H22O/c1-4-8(2)11-9(3)6-5-7-10(11)12/h8-12H,4-7H2,1-3H3. The molecular formula is C11H22O. The third kappa shape index (κ3) is 2.01. The molecular weight excluding hydrogens is 148 g/mol. The number of aliphatic hydroxyl groups is 1. The normalized spacial score (nSPS) is 39.5. The average molecular weight is 170 g/mol. The van der Waals surface area contributed by atoms with E-state index < -0.39 is 0 Å². The summed E-state index contributed by atoms with van der Waals surface area (Å²) >= 11 is 0. The molecule has 72 valence electrons. The van der Waals surface area contributed by atoms with E-state index in [0.29, 0.717) is 11.8 Å². The Labute approximate surface area is 76.2 Å². The van der Waals surface area contributed by atoms with E-state index in [1.807, 2.05) is 0 Å². The van der Waals surface area contributed by atoms with Gasteiger partial charge in [0.25, 0.3) is 0 Å². The summed E-state index contributed by atoms with van der Waals surface area (Å²) in [6, 6.07) is 0. The quantitative estimate of drug-likeness (QED) is 0.675. The van der Waals surface area contributed by atoms with Gasteiger partial charge in [-0.1, -0.05) is 40.0 Å². The Balaban J connectivity index is 2.56. The molecule has 1 nitrogen and oxygen atoms in total. The van der Waals surface area contributed by atoms with Crippen molar-refractivity contribution in [3.8, 4) is 0 Å². The molecule has 0 heterocycles. The maximum atomic E-state index is 9.84. The Morgan fingerprint density at radius 3 is 2.58 bits per heavy atom. The molecule has 0 bridgehead atoms. The highest BCUT2D eigenvalue weighted by Crippen LogP contribution is 2.36. The van der Waals surface area contributed by atoms with Gasteiger partial charge in [0.15, 0.2) is 0 Å². The number of rotatable bonds is 2. The van der Waals surface area contributed by atoms with E-state index in [2.05, 4.69) is 20.8 Å². The van der Waals surface area contributed by atoms with Gasteiger partial charge in [-0.2, -0.15) is 0 Å². The van der Waals surface area contributed by atoms with Crippen LogP contribution >= 0.6 is 0 Å². The van der Waals surface area contributed by atoms with Crippen molar-refractivity contribution in [1.82, 2.24) is 0 Å². The van der Waals surface area contributed by atoms with Crippen LogP contribution in [0.3, 0.4) is 0 Å². The highest BCUT2D eigenvalue weighted by Gasteiger charge is 2.32. The summed E-state index contributed by atoms with van der Waals surface area (Å²) in [4.78, 5) is 0. The monoisotopic (exact) mass is 170 g/mol. The molecule has 1 N–H and O–H groups in total. The minimum absolute atomic E-state index is 0.0244. The van der Waals surface area contributed by atoms with Gasteiger partial charge in [-0.3, -0.25) is 0 Å². The summed E-state index contributed by atoms with van der Waals surface area (Å²) in [7, 11) is 0. The Morgan fingerprint density at radius 1 is 1.42 bits per heavy atom. The lowest BCUT2D eigenvalue weighted by Crippen LogP contribution is -2.35. The average Bonchev–Trinajstić information content (AvgIpc) is 2.03. The van der Waals surface area contributed by atoms with Crippen LogP contribution in [0.4, 0.5) is 0 Å². The number of aliphatic hydroxyl groups excluding tert-OH is 1. The molecule has 1 heteroatoms. The van der Waals surface area contributed by atoms with Crippen LogP contribution in [0, 0.1) is 17.8 Å². The van der Waals surface area contributed by atoms with Gasteiger partial charge in [0.05, 0.1) is 6.10 Å². The molecule has 4 atom stereocenters. The first kappa shape index (κ1) is 10.0. The fourth-order valence-corrected chi connectivity index (χ4v) is 2.63. The van der Waals surface area contributed by atoms with Crippen LogP contribution in [0.1, 0.15) is 46.5 Å². The van der Waals surface area contributed by atoms with E-state index in [9.17, 15) is 5.11 Å². The zero-order valence-electron chi connectivity index (χ0n) is 8.59. The molecule has 0 amide bonds. The number of hydrogen-bond acceptors (Lipinski definition) is 1. The summed E-state index contributed by atoms with van der Waals surface area (Å²) in [5, 5.41) is 9.84. The third-order valence-electron chi connectivity index (χ3n) is 3.56. The first-order valence-electron chi connectivity index (χ1n) is 5.34. The van der Waals surface area contributed by atoms with Crippen LogP contribution in [0.15, 0.2) is 0 Å². The SMILES string of the molecule is CCC(C)C1C(C)CCCC1O. The lowest BCUT2D eigenvalue weighted by Gasteiger charge is -2.37. The molecule has 1 fully saturated rings. The number of hydrogen-bond donors (Lipinski definition) is 1. The van der Waals surface area contributed by atoms with Crippen LogP contribution in [0.25, 0.3) is 0 Å². The Morgan fingerprint density at radius 2 is 2.08 bits per heavy atom. The van der Waals surface area contributed by atoms with E-state index >= 15 is 0 Å². The van der Waals surface area contributed by atoms with Gasteiger partial charge < -0.3 is 5.11 Å². The summed E-state index contributed by atoms with van der Waals surface area (Å²) in [5.74, 6) is 1.97. The molecule has 1 aliphatic rings. The van der Waals surface area contributed by atoms with Crippen molar-refractivity contribution < 1.29 is 5.11 Å². The van der Waals surface area contributed by atoms with E-state index in [4.69, 9.17) is 0 Å². The second-order valence-corrected chi connectivity index (χ2v) is 4.44. The fraction of sp³-hybridized carbons (Fsp3) is 1.00. The maximum absolute atomic E-state index is 9.84. The molecule has 1 aliphatic carbocycles. The van der Waals surface area contributed by atoms with E-state index in [1.165, 1.54) is 19.3 Å². The van der Waals surface area contributed by atoms with E-state index in [1.54, 1.807) is 0 Å². The summed E-state index contributed by atoms with van der Waals surface area (Å²) in [5.41, 5.74) is 0. The van der Waals surface area contributed by atoms with Crippen LogP contribution < -0.4 is 0 Å². The van der Waals surface area contributed by atoms with Crippen molar-refractivity contribution in [1.29, 1.82) is 0 Å². The molecule has 12 heavy (non-hydrogen) atoms. The van der Waals surface area contributed by atoms with Crippen molar-refractivity contribution in [3.63, 3.8) is 0 Å². The maximum Gasteiger partial charge on any atom is 0.0573 e. The van der Waals surface area contributed by atoms with Crippen LogP contribution in [-0.4, -0.2) is 11.2 Å². The predicted molar refractivity (Wildman–Crippen MR) is 52.0 cm³/mol. The van der Waals surface area contributed by atoms with Crippen LogP contribution in [0.5, 0.6) is 0 Å². The largest absolute Gasteiger partial charge is 0.393 e. The second kappa shape index (κ2) is 4.27. The van der Waals surface area contributed by atoms with Gasteiger partial charge >= 0.3 is 0 Å². The second-order valence-electron chi connectivity index (χ2n) is 4.44. The zero-order valence-corrected chi connectivity index (χ0v) is 8.59. The molecule has 0 aromatic rings. The van der Waals surface area contributed by atoms with Crippen molar-refractivity contribution >= 4 is 0 Å². The van der Waals surface area contributed by atoms with Gasteiger partial charge in [-0.25, -0.2) is 0 Å². The molecule has 0 aromatic heterocycles. The van der Waals surface area contributed by atoms with Gasteiger partial charge in [-0.15, -0.1) is 0 Å². The molecule has 0 spiro atoms. The smallest absolute Gasteiger partial charge is 0.0573 e. The predicted octanol–water partition coefficient (Wildman–Crippen LogP) is 2.83. The molecule has 0 aliphatic heterocycles. The first-order chi connectivity index (χ1) is 5.66. The summed E-state index contributed by atoms with van der Waals surface area (Å²) in [6.45, 7) is 6.79. The lowest BCUT2D eigenvalue weighted by atomic mass is 9.71. The summed E-state index contributed by atoms with van der Waals surface area (Å²) < 4.78 is 0. The van der Waals surface area contributed by atoms with Crippen molar-refractivity contribution in [3.05, 3.63) is 0 Å². The third-order valence-corrected chi connectivity index (χ3v) is 3.56. The highest BCUT2D eigenvalue weighted by atomic mass is 16.3. The summed E-state index contributed by atoms with van der Waals surface area (Å²) in [6.07, 6.45) is 4.73. The minimum atomic E-state index is -0.0244. The zero-order chi connectivity index (χ0) is 9.14. The molecule has 4 unspecified atom stereocenters. The lowest BCUT2D eigenvalue weighted by molar-refractivity contribution is 0.00779. The highest BCUT2D eigenvalue weighted by molar-refractivity contribution is 4.82. The van der Waals surface area contributed by atoms with Crippen molar-refractivity contribution in [2.75, 3.05) is 0 Å². The van der Waals surface area contributed by atoms with E-state index in [0.717, 1.165) is 12.3 Å². The van der Waals surface area contributed by atoms with Gasteiger partial charge in [0, 0.05) is 0 Å². The first-order valence-corrected chi connectivity index (χ1v) is 5.34. The molecule has 0 aromatic carbocycles. The molecule has 0 radical (unpaired) electrons. The van der Waals surface area contributed by atoms with Crippen LogP contribution in [0.2, 0.25) is 0 Å². The Kier molecular flexibility index (Phi) is 3.57. The topological polar surface area (TPSA) is 20.2 Å². The van der Waals surface area contributed by atoms with Crippen molar-refractivity contribution in [2.45, 2.75) is 52.6 Å². The molecule has 0 saturated heterocycles. The van der Waals surface area contributed by atoms with Gasteiger partial charge in [0.2, 0.25) is 0 Å². The molecule has 1 saturated carbocycles. The fourth-order valence-electron chi connectivity index (χ4n) is 2.63. The minimum Gasteiger partial charge on any atom is -0.393 e. The Bertz CT molecular complexity index is 117. The van der Waals surface area contributed by atoms with Crippen molar-refractivity contribution in [2.24, 2.45) is 17.8 Å². The van der Waals surface area contributed by atoms with E-state index in [-0.39, 0.29) is 6.10 Å². The van der Waals surface area contributed by atoms with Gasteiger partial charge in [-0.05, 0) is 24.2 Å². The van der Waals surface area contributed by atoms with Crippen LogP contribution in [-0.2, 0) is 0 Å². The molecule has 1 rings (SSSR count). The van der Waals surface area contributed by atoms with Gasteiger partial charge in [0.1, 0.15) is 0 Å².